The summed E-state index contributed by atoms with van der Waals surface area (Å²) in [6.45, 7) is 4.48. The highest BCUT2D eigenvalue weighted by Gasteiger charge is 2.05. The molecule has 0 saturated carbocycles. The summed E-state index contributed by atoms with van der Waals surface area (Å²) in [6.07, 6.45) is -0.529. The quantitative estimate of drug-likeness (QED) is 0.686. The lowest BCUT2D eigenvalue weighted by Crippen LogP contribution is -2.25. The molecular weight excluding hydrogens is 298 g/mol. The van der Waals surface area contributed by atoms with E-state index in [1.807, 2.05) is 31.2 Å². The van der Waals surface area contributed by atoms with E-state index in [4.69, 9.17) is 9.47 Å². The van der Waals surface area contributed by atoms with Gasteiger partial charge in [-0.1, -0.05) is 12.1 Å². The smallest absolute Gasteiger partial charge is 0.0945 e. The van der Waals surface area contributed by atoms with Gasteiger partial charge in [-0.25, -0.2) is 0 Å². The van der Waals surface area contributed by atoms with Gasteiger partial charge in [-0.3, -0.25) is 0 Å². The monoisotopic (exact) mass is 317 g/mol. The summed E-state index contributed by atoms with van der Waals surface area (Å²) in [5, 5.41) is 12.9. The van der Waals surface area contributed by atoms with Gasteiger partial charge < -0.3 is 19.9 Å². The standard InChI is InChI=1S/C13H20BrNO3/c1-2-17-7-8-18-10-11(16)9-15-13-6-4-3-5-12(13)14/h3-6,11,15-16H,2,7-10H2,1H3. The molecule has 0 saturated heterocycles. The Bertz CT molecular complexity index is 336. The van der Waals surface area contributed by atoms with Crippen LogP contribution in [0.3, 0.4) is 0 Å². The molecule has 0 aliphatic rings. The third-order valence-electron chi connectivity index (χ3n) is 2.29. The van der Waals surface area contributed by atoms with E-state index in [1.54, 1.807) is 0 Å². The molecule has 0 aromatic heterocycles. The van der Waals surface area contributed by atoms with E-state index in [0.717, 1.165) is 10.2 Å². The Balaban J connectivity index is 2.13. The highest BCUT2D eigenvalue weighted by atomic mass is 79.9. The average molecular weight is 318 g/mol. The fourth-order valence-corrected chi connectivity index (χ4v) is 1.80. The van der Waals surface area contributed by atoms with Crippen LogP contribution in [0.2, 0.25) is 0 Å². The maximum Gasteiger partial charge on any atom is 0.0945 e. The number of aliphatic hydroxyl groups excluding tert-OH is 1. The van der Waals surface area contributed by atoms with Crippen molar-refractivity contribution >= 4 is 21.6 Å². The van der Waals surface area contributed by atoms with Crippen molar-refractivity contribution in [1.82, 2.24) is 0 Å². The van der Waals surface area contributed by atoms with Gasteiger partial charge in [0.25, 0.3) is 0 Å². The van der Waals surface area contributed by atoms with Crippen molar-refractivity contribution < 1.29 is 14.6 Å². The summed E-state index contributed by atoms with van der Waals surface area (Å²) in [5.74, 6) is 0. The Morgan fingerprint density at radius 3 is 2.72 bits per heavy atom. The first kappa shape index (κ1) is 15.4. The molecule has 0 spiro atoms. The van der Waals surface area contributed by atoms with E-state index >= 15 is 0 Å². The zero-order valence-corrected chi connectivity index (χ0v) is 12.1. The molecule has 2 N–H and O–H groups in total. The van der Waals surface area contributed by atoms with E-state index in [2.05, 4.69) is 21.2 Å². The minimum atomic E-state index is -0.529. The number of ether oxygens (including phenoxy) is 2. The van der Waals surface area contributed by atoms with Crippen LogP contribution in [-0.4, -0.2) is 44.2 Å². The fourth-order valence-electron chi connectivity index (χ4n) is 1.37. The number of hydrogen-bond acceptors (Lipinski definition) is 4. The van der Waals surface area contributed by atoms with Crippen molar-refractivity contribution in [3.05, 3.63) is 28.7 Å². The van der Waals surface area contributed by atoms with Gasteiger partial charge >= 0.3 is 0 Å². The molecule has 4 nitrogen and oxygen atoms in total. The predicted octanol–water partition coefficient (Wildman–Crippen LogP) is 2.27. The van der Waals surface area contributed by atoms with Crippen LogP contribution in [0.15, 0.2) is 28.7 Å². The van der Waals surface area contributed by atoms with Crippen LogP contribution in [0.1, 0.15) is 6.92 Å². The average Bonchev–Trinajstić information content (AvgIpc) is 2.37. The molecule has 1 aromatic carbocycles. The molecule has 0 amide bonds. The maximum absolute atomic E-state index is 9.71. The first-order chi connectivity index (χ1) is 8.74. The Morgan fingerprint density at radius 1 is 1.28 bits per heavy atom. The maximum atomic E-state index is 9.71. The van der Waals surface area contributed by atoms with Crippen LogP contribution in [-0.2, 0) is 9.47 Å². The van der Waals surface area contributed by atoms with Crippen molar-refractivity contribution in [3.8, 4) is 0 Å². The van der Waals surface area contributed by atoms with Crippen molar-refractivity contribution in [3.63, 3.8) is 0 Å². The molecule has 0 aliphatic heterocycles. The largest absolute Gasteiger partial charge is 0.389 e. The molecule has 18 heavy (non-hydrogen) atoms. The van der Waals surface area contributed by atoms with Crippen LogP contribution in [0.25, 0.3) is 0 Å². The van der Waals surface area contributed by atoms with Crippen molar-refractivity contribution in [2.75, 3.05) is 38.3 Å². The zero-order valence-electron chi connectivity index (χ0n) is 10.6. The Hall–Kier alpha value is -0.620. The van der Waals surface area contributed by atoms with Crippen LogP contribution in [0, 0.1) is 0 Å². The van der Waals surface area contributed by atoms with Crippen LogP contribution in [0.4, 0.5) is 5.69 Å². The van der Waals surface area contributed by atoms with E-state index in [-0.39, 0.29) is 0 Å². The minimum absolute atomic E-state index is 0.310. The number of benzene rings is 1. The summed E-state index contributed by atoms with van der Waals surface area (Å²) in [5.41, 5.74) is 0.964. The fraction of sp³-hybridized carbons (Fsp3) is 0.538. The number of anilines is 1. The third-order valence-corrected chi connectivity index (χ3v) is 2.98. The van der Waals surface area contributed by atoms with E-state index in [9.17, 15) is 5.11 Å². The highest BCUT2D eigenvalue weighted by molar-refractivity contribution is 9.10. The second-order valence-electron chi connectivity index (χ2n) is 3.79. The molecule has 0 heterocycles. The van der Waals surface area contributed by atoms with Gasteiger partial charge in [-0.15, -0.1) is 0 Å². The lowest BCUT2D eigenvalue weighted by Gasteiger charge is -2.14. The predicted molar refractivity (Wildman–Crippen MR) is 76.0 cm³/mol. The Morgan fingerprint density at radius 2 is 2.00 bits per heavy atom. The first-order valence-electron chi connectivity index (χ1n) is 6.06. The van der Waals surface area contributed by atoms with Crippen molar-refractivity contribution in [1.29, 1.82) is 0 Å². The molecule has 102 valence electrons. The van der Waals surface area contributed by atoms with Gasteiger partial charge in [0.15, 0.2) is 0 Å². The Labute approximate surface area is 116 Å². The number of hydrogen-bond donors (Lipinski definition) is 2. The van der Waals surface area contributed by atoms with Gasteiger partial charge in [0.05, 0.1) is 25.9 Å². The molecule has 5 heteroatoms. The second-order valence-corrected chi connectivity index (χ2v) is 4.64. The van der Waals surface area contributed by atoms with Gasteiger partial charge in [-0.05, 0) is 35.0 Å². The topological polar surface area (TPSA) is 50.7 Å². The van der Waals surface area contributed by atoms with Crippen molar-refractivity contribution in [2.45, 2.75) is 13.0 Å². The summed E-state index contributed by atoms with van der Waals surface area (Å²) >= 11 is 3.44. The van der Waals surface area contributed by atoms with Gasteiger partial charge in [-0.2, -0.15) is 0 Å². The number of rotatable bonds is 9. The molecule has 1 aromatic rings. The Kier molecular flexibility index (Phi) is 8.00. The number of halogens is 1. The van der Waals surface area contributed by atoms with Gasteiger partial charge in [0.2, 0.25) is 0 Å². The SMILES string of the molecule is CCOCCOCC(O)CNc1ccccc1Br. The molecule has 1 unspecified atom stereocenters. The second kappa shape index (κ2) is 9.33. The van der Waals surface area contributed by atoms with Crippen LogP contribution in [0.5, 0.6) is 0 Å². The molecular formula is C13H20BrNO3. The molecule has 0 fully saturated rings. The number of aliphatic hydroxyl groups is 1. The van der Waals surface area contributed by atoms with Crippen LogP contribution >= 0.6 is 15.9 Å². The van der Waals surface area contributed by atoms with Crippen LogP contribution < -0.4 is 5.32 Å². The molecule has 1 rings (SSSR count). The summed E-state index contributed by atoms with van der Waals surface area (Å²) in [4.78, 5) is 0. The number of para-hydroxylation sites is 1. The van der Waals surface area contributed by atoms with Gasteiger partial charge in [0.1, 0.15) is 0 Å². The third kappa shape index (κ3) is 6.35. The number of nitrogens with one attached hydrogen (secondary N) is 1. The highest BCUT2D eigenvalue weighted by Crippen LogP contribution is 2.20. The molecule has 0 aliphatic carbocycles. The summed E-state index contributed by atoms with van der Waals surface area (Å²) in [7, 11) is 0. The first-order valence-corrected chi connectivity index (χ1v) is 6.85. The van der Waals surface area contributed by atoms with E-state index in [0.29, 0.717) is 33.0 Å². The molecule has 1 atom stereocenters. The van der Waals surface area contributed by atoms with Crippen molar-refractivity contribution in [2.24, 2.45) is 0 Å². The zero-order chi connectivity index (χ0) is 13.2. The van der Waals surface area contributed by atoms with Gasteiger partial charge in [0, 0.05) is 23.3 Å². The minimum Gasteiger partial charge on any atom is -0.389 e. The lowest BCUT2D eigenvalue weighted by atomic mass is 10.3. The lowest BCUT2D eigenvalue weighted by molar-refractivity contribution is 0.0103. The van der Waals surface area contributed by atoms with E-state index < -0.39 is 6.10 Å². The summed E-state index contributed by atoms with van der Waals surface area (Å²) < 4.78 is 11.4. The summed E-state index contributed by atoms with van der Waals surface area (Å²) in [6, 6.07) is 7.79. The normalized spacial score (nSPS) is 12.4. The van der Waals surface area contributed by atoms with E-state index in [1.165, 1.54) is 0 Å². The molecule has 0 radical (unpaired) electrons. The molecule has 0 bridgehead atoms.